The third-order valence-corrected chi connectivity index (χ3v) is 2.87. The molecule has 0 bridgehead atoms. The molecule has 2 aromatic rings. The van der Waals surface area contributed by atoms with Crippen molar-refractivity contribution in [2.24, 2.45) is 0 Å². The summed E-state index contributed by atoms with van der Waals surface area (Å²) in [6.45, 7) is 10.2. The van der Waals surface area contributed by atoms with Crippen molar-refractivity contribution in [3.05, 3.63) is 77.9 Å². The van der Waals surface area contributed by atoms with E-state index in [-0.39, 0.29) is 0 Å². The highest BCUT2D eigenvalue weighted by Crippen LogP contribution is 2.11. The van der Waals surface area contributed by atoms with E-state index in [1.807, 2.05) is 24.3 Å². The summed E-state index contributed by atoms with van der Waals surface area (Å²) < 4.78 is 0. The average molecular weight is 238 g/mol. The minimum atomic E-state index is 0.659. The first-order valence-corrected chi connectivity index (χ1v) is 6.38. The molecule has 0 aliphatic heterocycles. The van der Waals surface area contributed by atoms with Crippen molar-refractivity contribution >= 4 is 6.08 Å². The summed E-state index contributed by atoms with van der Waals surface area (Å²) >= 11 is 0. The van der Waals surface area contributed by atoms with E-state index in [4.69, 9.17) is 0 Å². The van der Waals surface area contributed by atoms with E-state index in [0.29, 0.717) is 5.92 Å². The van der Waals surface area contributed by atoms with Gasteiger partial charge in [-0.2, -0.15) is 0 Å². The van der Waals surface area contributed by atoms with E-state index in [0.717, 1.165) is 0 Å². The number of aryl methyl sites for hydroxylation is 1. The lowest BCUT2D eigenvalue weighted by Crippen LogP contribution is -1.83. The Morgan fingerprint density at radius 2 is 1.44 bits per heavy atom. The third kappa shape index (κ3) is 4.58. The SMILES string of the molecule is C=Cc1ccccc1C.CC(C)c1ccccc1. The molecule has 0 fully saturated rings. The Morgan fingerprint density at radius 3 is 1.83 bits per heavy atom. The maximum absolute atomic E-state index is 3.69. The van der Waals surface area contributed by atoms with Crippen molar-refractivity contribution in [3.8, 4) is 0 Å². The lowest BCUT2D eigenvalue weighted by atomic mass is 10.0. The molecule has 0 aliphatic carbocycles. The first-order chi connectivity index (χ1) is 8.65. The van der Waals surface area contributed by atoms with Crippen LogP contribution in [0.1, 0.15) is 36.5 Å². The molecular formula is C18H22. The standard InChI is InChI=1S/C9H12.C9H10/c1-8(2)9-6-4-3-5-7-9;1-3-9-7-5-4-6-8(9)2/h3-8H,1-2H3;3-7H,1H2,2H3. The van der Waals surface area contributed by atoms with Crippen LogP contribution < -0.4 is 0 Å². The molecule has 0 saturated heterocycles. The molecular weight excluding hydrogens is 216 g/mol. The van der Waals surface area contributed by atoms with E-state index in [1.54, 1.807) is 0 Å². The van der Waals surface area contributed by atoms with E-state index in [2.05, 4.69) is 63.7 Å². The minimum Gasteiger partial charge on any atom is -0.0985 e. The predicted octanol–water partition coefficient (Wildman–Crippen LogP) is 5.45. The van der Waals surface area contributed by atoms with Crippen LogP contribution in [0, 0.1) is 6.92 Å². The topological polar surface area (TPSA) is 0 Å². The van der Waals surface area contributed by atoms with Crippen LogP contribution >= 0.6 is 0 Å². The fraction of sp³-hybridized carbons (Fsp3) is 0.222. The maximum Gasteiger partial charge on any atom is -0.0219 e. The summed E-state index contributed by atoms with van der Waals surface area (Å²) in [5.41, 5.74) is 3.92. The molecule has 2 rings (SSSR count). The highest BCUT2D eigenvalue weighted by Gasteiger charge is 1.93. The molecule has 0 unspecified atom stereocenters. The van der Waals surface area contributed by atoms with Gasteiger partial charge in [0.2, 0.25) is 0 Å². The molecule has 0 spiro atoms. The molecule has 0 amide bonds. The van der Waals surface area contributed by atoms with E-state index in [9.17, 15) is 0 Å². The van der Waals surface area contributed by atoms with Gasteiger partial charge >= 0.3 is 0 Å². The molecule has 0 heteroatoms. The number of rotatable bonds is 2. The maximum atomic E-state index is 3.69. The van der Waals surface area contributed by atoms with Gasteiger partial charge in [-0.05, 0) is 29.5 Å². The van der Waals surface area contributed by atoms with Gasteiger partial charge in [0.25, 0.3) is 0 Å². The lowest BCUT2D eigenvalue weighted by molar-refractivity contribution is 0.867. The average Bonchev–Trinajstić information content (AvgIpc) is 2.41. The van der Waals surface area contributed by atoms with Gasteiger partial charge in [-0.25, -0.2) is 0 Å². The largest absolute Gasteiger partial charge is 0.0985 e. The number of hydrogen-bond acceptors (Lipinski definition) is 0. The van der Waals surface area contributed by atoms with Crippen LogP contribution in [-0.2, 0) is 0 Å². The van der Waals surface area contributed by atoms with Crippen LogP contribution in [0.3, 0.4) is 0 Å². The van der Waals surface area contributed by atoms with Gasteiger partial charge in [-0.15, -0.1) is 0 Å². The van der Waals surface area contributed by atoms with Crippen LogP contribution in [0.25, 0.3) is 6.08 Å². The predicted molar refractivity (Wildman–Crippen MR) is 81.8 cm³/mol. The number of benzene rings is 2. The molecule has 0 saturated carbocycles. The third-order valence-electron chi connectivity index (χ3n) is 2.87. The van der Waals surface area contributed by atoms with E-state index >= 15 is 0 Å². The molecule has 94 valence electrons. The van der Waals surface area contributed by atoms with Gasteiger partial charge in [0.05, 0.1) is 0 Å². The van der Waals surface area contributed by atoms with Crippen LogP contribution in [0.5, 0.6) is 0 Å². The summed E-state index contributed by atoms with van der Waals surface area (Å²) in [4.78, 5) is 0. The Morgan fingerprint density at radius 1 is 0.889 bits per heavy atom. The Hall–Kier alpha value is -1.82. The van der Waals surface area contributed by atoms with Gasteiger partial charge < -0.3 is 0 Å². The zero-order valence-corrected chi connectivity index (χ0v) is 11.6. The summed E-state index contributed by atoms with van der Waals surface area (Å²) in [5.74, 6) is 0.659. The Kier molecular flexibility index (Phi) is 5.93. The van der Waals surface area contributed by atoms with Crippen LogP contribution in [0.4, 0.5) is 0 Å². The molecule has 0 atom stereocenters. The molecule has 0 radical (unpaired) electrons. The normalized spacial score (nSPS) is 9.56. The van der Waals surface area contributed by atoms with Gasteiger partial charge in [0.15, 0.2) is 0 Å². The highest BCUT2D eigenvalue weighted by molar-refractivity contribution is 5.50. The Labute approximate surface area is 111 Å². The zero-order valence-electron chi connectivity index (χ0n) is 11.6. The summed E-state index contributed by atoms with van der Waals surface area (Å²) in [7, 11) is 0. The summed E-state index contributed by atoms with van der Waals surface area (Å²) in [6, 6.07) is 18.7. The molecule has 0 heterocycles. The molecule has 2 aromatic carbocycles. The van der Waals surface area contributed by atoms with Gasteiger partial charge in [-0.3, -0.25) is 0 Å². The Balaban J connectivity index is 0.000000180. The van der Waals surface area contributed by atoms with E-state index in [1.165, 1.54) is 16.7 Å². The molecule has 0 aliphatic rings. The fourth-order valence-electron chi connectivity index (χ4n) is 1.65. The first-order valence-electron chi connectivity index (χ1n) is 6.38. The second-order valence-corrected chi connectivity index (χ2v) is 4.63. The van der Waals surface area contributed by atoms with Gasteiger partial charge in [-0.1, -0.05) is 81.1 Å². The monoisotopic (exact) mass is 238 g/mol. The zero-order chi connectivity index (χ0) is 13.4. The molecule has 0 N–H and O–H groups in total. The van der Waals surface area contributed by atoms with Crippen molar-refractivity contribution in [3.63, 3.8) is 0 Å². The first kappa shape index (κ1) is 14.2. The summed E-state index contributed by atoms with van der Waals surface area (Å²) in [5, 5.41) is 0. The summed E-state index contributed by atoms with van der Waals surface area (Å²) in [6.07, 6.45) is 1.87. The smallest absolute Gasteiger partial charge is 0.0219 e. The fourth-order valence-corrected chi connectivity index (χ4v) is 1.65. The van der Waals surface area contributed by atoms with Crippen molar-refractivity contribution in [2.45, 2.75) is 26.7 Å². The Bertz CT molecular complexity index is 466. The van der Waals surface area contributed by atoms with Crippen LogP contribution in [0.15, 0.2) is 61.2 Å². The van der Waals surface area contributed by atoms with Crippen molar-refractivity contribution in [2.75, 3.05) is 0 Å². The van der Waals surface area contributed by atoms with Crippen molar-refractivity contribution < 1.29 is 0 Å². The molecule has 0 aromatic heterocycles. The highest BCUT2D eigenvalue weighted by atomic mass is 14.0. The minimum absolute atomic E-state index is 0.659. The van der Waals surface area contributed by atoms with Crippen molar-refractivity contribution in [1.29, 1.82) is 0 Å². The van der Waals surface area contributed by atoms with Crippen LogP contribution in [-0.4, -0.2) is 0 Å². The quantitative estimate of drug-likeness (QED) is 0.652. The lowest BCUT2D eigenvalue weighted by Gasteiger charge is -2.01. The molecule has 0 nitrogen and oxygen atoms in total. The van der Waals surface area contributed by atoms with Gasteiger partial charge in [0.1, 0.15) is 0 Å². The number of hydrogen-bond donors (Lipinski definition) is 0. The van der Waals surface area contributed by atoms with Gasteiger partial charge in [0, 0.05) is 0 Å². The van der Waals surface area contributed by atoms with E-state index < -0.39 is 0 Å². The van der Waals surface area contributed by atoms with Crippen molar-refractivity contribution in [1.82, 2.24) is 0 Å². The molecule has 18 heavy (non-hydrogen) atoms. The van der Waals surface area contributed by atoms with Crippen LogP contribution in [0.2, 0.25) is 0 Å². The second-order valence-electron chi connectivity index (χ2n) is 4.63. The second kappa shape index (κ2) is 7.50.